The average molecular weight is 156 g/mol. The first-order valence-corrected chi connectivity index (χ1v) is 4.92. The highest BCUT2D eigenvalue weighted by Crippen LogP contribution is 2.09. The van der Waals surface area contributed by atoms with Crippen LogP contribution >= 0.6 is 0 Å². The molecule has 0 aliphatic heterocycles. The highest BCUT2D eigenvalue weighted by atomic mass is 14.0. The summed E-state index contributed by atoms with van der Waals surface area (Å²) in [5.74, 6) is 0.881. The summed E-state index contributed by atoms with van der Waals surface area (Å²) >= 11 is 0. The molecule has 11 heavy (non-hydrogen) atoms. The van der Waals surface area contributed by atoms with Crippen LogP contribution in [-0.4, -0.2) is 0 Å². The molecule has 0 aromatic carbocycles. The summed E-state index contributed by atoms with van der Waals surface area (Å²) in [6.45, 7) is 10.6. The van der Waals surface area contributed by atoms with Crippen molar-refractivity contribution in [2.75, 3.05) is 0 Å². The Morgan fingerprint density at radius 2 is 1.82 bits per heavy atom. The van der Waals surface area contributed by atoms with Gasteiger partial charge in [-0.25, -0.2) is 0 Å². The Bertz CT molecular complexity index is 72.1. The van der Waals surface area contributed by atoms with Crippen molar-refractivity contribution in [2.24, 2.45) is 5.92 Å². The minimum atomic E-state index is 0.881. The van der Waals surface area contributed by atoms with Crippen molar-refractivity contribution in [1.29, 1.82) is 0 Å². The lowest BCUT2D eigenvalue weighted by atomic mass is 10.0. The highest BCUT2D eigenvalue weighted by molar-refractivity contribution is 4.78. The molecule has 0 aliphatic carbocycles. The molecule has 0 radical (unpaired) electrons. The third-order valence-corrected chi connectivity index (χ3v) is 1.56. The Kier molecular flexibility index (Phi) is 15.1. The summed E-state index contributed by atoms with van der Waals surface area (Å²) in [5.41, 5.74) is 0. The van der Waals surface area contributed by atoms with Gasteiger partial charge in [-0.05, 0) is 19.3 Å². The van der Waals surface area contributed by atoms with Crippen LogP contribution in [-0.2, 0) is 0 Å². The highest BCUT2D eigenvalue weighted by Gasteiger charge is 1.94. The topological polar surface area (TPSA) is 0 Å². The molecule has 1 unspecified atom stereocenters. The molecule has 0 heteroatoms. The minimum Gasteiger partial charge on any atom is -0.0917 e. The molecular weight excluding hydrogens is 132 g/mol. The fourth-order valence-electron chi connectivity index (χ4n) is 0.979. The molecule has 0 aliphatic rings. The molecule has 0 bridgehead atoms. The second-order valence-corrected chi connectivity index (χ2v) is 2.70. The van der Waals surface area contributed by atoms with Crippen LogP contribution in [0.2, 0.25) is 0 Å². The van der Waals surface area contributed by atoms with E-state index in [0.29, 0.717) is 0 Å². The predicted octanol–water partition coefficient (Wildman–Crippen LogP) is 4.42. The van der Waals surface area contributed by atoms with Crippen LogP contribution < -0.4 is 0 Å². The Labute approximate surface area is 72.7 Å². The summed E-state index contributed by atoms with van der Waals surface area (Å²) in [6, 6.07) is 0. The van der Waals surface area contributed by atoms with Crippen LogP contribution in [0.15, 0.2) is 12.2 Å². The van der Waals surface area contributed by atoms with E-state index < -0.39 is 0 Å². The Morgan fingerprint density at radius 1 is 1.27 bits per heavy atom. The summed E-state index contributed by atoms with van der Waals surface area (Å²) in [5, 5.41) is 0. The van der Waals surface area contributed by atoms with Crippen LogP contribution in [0.25, 0.3) is 0 Å². The van der Waals surface area contributed by atoms with E-state index in [1.165, 1.54) is 19.3 Å². The van der Waals surface area contributed by atoms with Gasteiger partial charge in [-0.15, -0.1) is 0 Å². The van der Waals surface area contributed by atoms with E-state index in [9.17, 15) is 0 Å². The molecule has 0 nitrogen and oxygen atoms in total. The van der Waals surface area contributed by atoms with Crippen molar-refractivity contribution in [3.63, 3.8) is 0 Å². The van der Waals surface area contributed by atoms with E-state index in [4.69, 9.17) is 0 Å². The van der Waals surface area contributed by atoms with Crippen molar-refractivity contribution in [3.05, 3.63) is 12.2 Å². The van der Waals surface area contributed by atoms with Gasteiger partial charge in [0.05, 0.1) is 0 Å². The third kappa shape index (κ3) is 12.8. The largest absolute Gasteiger partial charge is 0.0917 e. The van der Waals surface area contributed by atoms with E-state index in [-0.39, 0.29) is 0 Å². The Morgan fingerprint density at radius 3 is 2.18 bits per heavy atom. The van der Waals surface area contributed by atoms with E-state index >= 15 is 0 Å². The van der Waals surface area contributed by atoms with Gasteiger partial charge in [0.2, 0.25) is 0 Å². The van der Waals surface area contributed by atoms with Gasteiger partial charge in [-0.3, -0.25) is 0 Å². The zero-order valence-corrected chi connectivity index (χ0v) is 8.85. The summed E-state index contributed by atoms with van der Waals surface area (Å²) in [4.78, 5) is 0. The van der Waals surface area contributed by atoms with Gasteiger partial charge in [-0.1, -0.05) is 52.7 Å². The first kappa shape index (κ1) is 13.3. The van der Waals surface area contributed by atoms with E-state index in [0.717, 1.165) is 5.92 Å². The van der Waals surface area contributed by atoms with E-state index in [1.54, 1.807) is 0 Å². The summed E-state index contributed by atoms with van der Waals surface area (Å²) < 4.78 is 0. The molecular formula is C11H24. The quantitative estimate of drug-likeness (QED) is 0.529. The maximum atomic E-state index is 2.31. The van der Waals surface area contributed by atoms with Crippen molar-refractivity contribution < 1.29 is 0 Å². The second kappa shape index (κ2) is 12.4. The summed E-state index contributed by atoms with van der Waals surface area (Å²) in [6.07, 6.45) is 8.32. The lowest BCUT2D eigenvalue weighted by Crippen LogP contribution is -1.89. The van der Waals surface area contributed by atoms with E-state index in [1.807, 2.05) is 13.8 Å². The van der Waals surface area contributed by atoms with Gasteiger partial charge in [0.15, 0.2) is 0 Å². The molecule has 0 N–H and O–H groups in total. The smallest absolute Gasteiger partial charge is 0.0325 e. The van der Waals surface area contributed by atoms with Crippen LogP contribution in [0.1, 0.15) is 53.9 Å². The SMILES string of the molecule is C/C=C\CC(C)CCC.CC. The Hall–Kier alpha value is -0.260. The molecule has 0 saturated heterocycles. The molecule has 0 aromatic rings. The summed E-state index contributed by atoms with van der Waals surface area (Å²) in [7, 11) is 0. The minimum absolute atomic E-state index is 0.881. The predicted molar refractivity (Wildman–Crippen MR) is 54.9 cm³/mol. The molecule has 0 spiro atoms. The lowest BCUT2D eigenvalue weighted by Gasteiger charge is -2.04. The van der Waals surface area contributed by atoms with Crippen molar-refractivity contribution in [1.82, 2.24) is 0 Å². The average Bonchev–Trinajstić information content (AvgIpc) is 2.05. The first-order chi connectivity index (χ1) is 5.31. The van der Waals surface area contributed by atoms with Gasteiger partial charge in [-0.2, -0.15) is 0 Å². The Balaban J connectivity index is 0. The van der Waals surface area contributed by atoms with Crippen LogP contribution in [0, 0.1) is 5.92 Å². The van der Waals surface area contributed by atoms with Crippen LogP contribution in [0.4, 0.5) is 0 Å². The van der Waals surface area contributed by atoms with Gasteiger partial charge in [0, 0.05) is 0 Å². The van der Waals surface area contributed by atoms with Crippen LogP contribution in [0.5, 0.6) is 0 Å². The molecule has 0 rings (SSSR count). The molecule has 68 valence electrons. The zero-order chi connectivity index (χ0) is 9.11. The molecule has 0 aromatic heterocycles. The molecule has 0 amide bonds. The number of allylic oxidation sites excluding steroid dienone is 2. The lowest BCUT2D eigenvalue weighted by molar-refractivity contribution is 0.532. The van der Waals surface area contributed by atoms with Gasteiger partial charge in [0.1, 0.15) is 0 Å². The van der Waals surface area contributed by atoms with Gasteiger partial charge in [0.25, 0.3) is 0 Å². The van der Waals surface area contributed by atoms with E-state index in [2.05, 4.69) is 32.9 Å². The van der Waals surface area contributed by atoms with Gasteiger partial charge >= 0.3 is 0 Å². The first-order valence-electron chi connectivity index (χ1n) is 4.92. The third-order valence-electron chi connectivity index (χ3n) is 1.56. The zero-order valence-electron chi connectivity index (χ0n) is 8.85. The second-order valence-electron chi connectivity index (χ2n) is 2.70. The maximum Gasteiger partial charge on any atom is -0.0325 e. The van der Waals surface area contributed by atoms with Crippen molar-refractivity contribution in [3.8, 4) is 0 Å². The van der Waals surface area contributed by atoms with Crippen molar-refractivity contribution >= 4 is 0 Å². The fourth-order valence-corrected chi connectivity index (χ4v) is 0.979. The number of hydrogen-bond donors (Lipinski definition) is 0. The monoisotopic (exact) mass is 156 g/mol. The van der Waals surface area contributed by atoms with Crippen molar-refractivity contribution in [2.45, 2.75) is 53.9 Å². The fraction of sp³-hybridized carbons (Fsp3) is 0.818. The number of rotatable bonds is 4. The van der Waals surface area contributed by atoms with Gasteiger partial charge < -0.3 is 0 Å². The maximum absolute atomic E-state index is 2.31. The normalized spacial score (nSPS) is 12.5. The van der Waals surface area contributed by atoms with Crippen LogP contribution in [0.3, 0.4) is 0 Å². The molecule has 1 atom stereocenters. The molecule has 0 saturated carbocycles. The standard InChI is InChI=1S/C9H18.C2H6/c1-4-6-8-9(3)7-5-2;1-2/h4,6,9H,5,7-8H2,1-3H3;1-2H3/b6-4-;. The number of hydrogen-bond acceptors (Lipinski definition) is 0. The molecule has 0 fully saturated rings. The molecule has 0 heterocycles.